The number of halogens is 1. The Kier molecular flexibility index (Phi) is 4.37. The van der Waals surface area contributed by atoms with Crippen LogP contribution in [0.1, 0.15) is 17.0 Å². The lowest BCUT2D eigenvalue weighted by Gasteiger charge is -2.22. The summed E-state index contributed by atoms with van der Waals surface area (Å²) in [6.07, 6.45) is -0.825. The summed E-state index contributed by atoms with van der Waals surface area (Å²) in [5.74, 6) is -0.242. The van der Waals surface area contributed by atoms with E-state index in [4.69, 9.17) is 11.6 Å². The molecule has 0 saturated carbocycles. The van der Waals surface area contributed by atoms with Crippen molar-refractivity contribution in [2.24, 2.45) is 0 Å². The van der Waals surface area contributed by atoms with Crippen LogP contribution in [0.2, 0.25) is 5.02 Å². The Bertz CT molecular complexity index is 482. The van der Waals surface area contributed by atoms with Crippen molar-refractivity contribution >= 4 is 11.6 Å². The van der Waals surface area contributed by atoms with Crippen molar-refractivity contribution in [3.8, 4) is 0 Å². The molecule has 0 aromatic heterocycles. The van der Waals surface area contributed by atoms with Gasteiger partial charge < -0.3 is 10.2 Å². The second-order valence-electron chi connectivity index (χ2n) is 4.19. The molecule has 0 aliphatic rings. The fraction of sp³-hybridized carbons (Fsp3) is 0.200. The highest BCUT2D eigenvalue weighted by atomic mass is 35.5. The first-order chi connectivity index (χ1) is 8.72. The smallest absolute Gasteiger partial charge is 0.0879 e. The minimum absolute atomic E-state index is 0.242. The zero-order chi connectivity index (χ0) is 13.0. The van der Waals surface area contributed by atoms with Crippen LogP contribution in [-0.4, -0.2) is 22.9 Å². The fourth-order valence-electron chi connectivity index (χ4n) is 2.07. The first-order valence-electron chi connectivity index (χ1n) is 5.81. The molecule has 0 saturated heterocycles. The van der Waals surface area contributed by atoms with E-state index < -0.39 is 6.10 Å². The van der Waals surface area contributed by atoms with E-state index >= 15 is 0 Å². The summed E-state index contributed by atoms with van der Waals surface area (Å²) in [4.78, 5) is 0. The SMILES string of the molecule is OC[C@@H](O)[C@H](c1ccccc1)c1ccc(Cl)cc1. The highest BCUT2D eigenvalue weighted by Gasteiger charge is 2.22. The van der Waals surface area contributed by atoms with Crippen LogP contribution >= 0.6 is 11.6 Å². The Labute approximate surface area is 111 Å². The van der Waals surface area contributed by atoms with Gasteiger partial charge in [0, 0.05) is 10.9 Å². The summed E-state index contributed by atoms with van der Waals surface area (Å²) in [5.41, 5.74) is 1.91. The van der Waals surface area contributed by atoms with Crippen molar-refractivity contribution in [3.05, 3.63) is 70.7 Å². The van der Waals surface area contributed by atoms with Crippen LogP contribution in [0.5, 0.6) is 0 Å². The summed E-state index contributed by atoms with van der Waals surface area (Å²) in [5, 5.41) is 19.9. The summed E-state index contributed by atoms with van der Waals surface area (Å²) in [6, 6.07) is 17.0. The van der Waals surface area contributed by atoms with Crippen LogP contribution in [0.15, 0.2) is 54.6 Å². The molecule has 0 bridgehead atoms. The zero-order valence-electron chi connectivity index (χ0n) is 9.83. The van der Waals surface area contributed by atoms with Gasteiger partial charge in [-0.2, -0.15) is 0 Å². The fourth-order valence-corrected chi connectivity index (χ4v) is 2.20. The molecule has 2 N–H and O–H groups in total. The molecule has 0 aliphatic heterocycles. The summed E-state index contributed by atoms with van der Waals surface area (Å²) < 4.78 is 0. The lowest BCUT2D eigenvalue weighted by molar-refractivity contribution is 0.0823. The third-order valence-corrected chi connectivity index (χ3v) is 3.21. The van der Waals surface area contributed by atoms with Gasteiger partial charge in [0.05, 0.1) is 12.7 Å². The van der Waals surface area contributed by atoms with Gasteiger partial charge >= 0.3 is 0 Å². The Morgan fingerprint density at radius 1 is 0.889 bits per heavy atom. The number of aliphatic hydroxyl groups is 2. The topological polar surface area (TPSA) is 40.5 Å². The lowest BCUT2D eigenvalue weighted by Crippen LogP contribution is -2.23. The predicted molar refractivity (Wildman–Crippen MR) is 72.8 cm³/mol. The van der Waals surface area contributed by atoms with E-state index in [-0.39, 0.29) is 12.5 Å². The van der Waals surface area contributed by atoms with Gasteiger partial charge in [-0.3, -0.25) is 0 Å². The second kappa shape index (κ2) is 6.01. The van der Waals surface area contributed by atoms with Crippen molar-refractivity contribution in [2.75, 3.05) is 6.61 Å². The molecule has 2 rings (SSSR count). The predicted octanol–water partition coefficient (Wildman–Crippen LogP) is 2.83. The van der Waals surface area contributed by atoms with Crippen LogP contribution in [0, 0.1) is 0 Å². The van der Waals surface area contributed by atoms with E-state index in [1.54, 1.807) is 12.1 Å². The molecule has 0 spiro atoms. The summed E-state index contributed by atoms with van der Waals surface area (Å²) in [7, 11) is 0. The molecule has 0 aliphatic carbocycles. The standard InChI is InChI=1S/C15H15ClO2/c16-13-8-6-12(7-9-13)15(14(18)10-17)11-4-2-1-3-5-11/h1-9,14-15,17-18H,10H2/t14-,15-/m1/s1. The van der Waals surface area contributed by atoms with E-state index in [0.29, 0.717) is 5.02 Å². The van der Waals surface area contributed by atoms with Gasteiger partial charge in [-0.05, 0) is 23.3 Å². The molecule has 18 heavy (non-hydrogen) atoms. The van der Waals surface area contributed by atoms with Crippen molar-refractivity contribution in [3.63, 3.8) is 0 Å². The Morgan fingerprint density at radius 2 is 1.44 bits per heavy atom. The van der Waals surface area contributed by atoms with E-state index in [9.17, 15) is 10.2 Å². The molecule has 3 heteroatoms. The van der Waals surface area contributed by atoms with Gasteiger partial charge in [0.25, 0.3) is 0 Å². The minimum atomic E-state index is -0.825. The zero-order valence-corrected chi connectivity index (χ0v) is 10.6. The third kappa shape index (κ3) is 2.91. The van der Waals surface area contributed by atoms with Crippen LogP contribution in [0.3, 0.4) is 0 Å². The van der Waals surface area contributed by atoms with Gasteiger partial charge in [-0.25, -0.2) is 0 Å². The van der Waals surface area contributed by atoms with Crippen LogP contribution < -0.4 is 0 Å². The van der Waals surface area contributed by atoms with Crippen LogP contribution in [0.25, 0.3) is 0 Å². The van der Waals surface area contributed by atoms with Gasteiger partial charge in [0.1, 0.15) is 0 Å². The van der Waals surface area contributed by atoms with Crippen molar-refractivity contribution < 1.29 is 10.2 Å². The highest BCUT2D eigenvalue weighted by molar-refractivity contribution is 6.30. The maximum Gasteiger partial charge on any atom is 0.0879 e. The average Bonchev–Trinajstić information content (AvgIpc) is 2.42. The monoisotopic (exact) mass is 262 g/mol. The molecule has 0 radical (unpaired) electrons. The molecule has 94 valence electrons. The van der Waals surface area contributed by atoms with E-state index in [0.717, 1.165) is 11.1 Å². The van der Waals surface area contributed by atoms with Gasteiger partial charge in [0.2, 0.25) is 0 Å². The first kappa shape index (κ1) is 13.1. The molecular weight excluding hydrogens is 248 g/mol. The second-order valence-corrected chi connectivity index (χ2v) is 4.63. The number of aliphatic hydroxyl groups excluding tert-OH is 2. The van der Waals surface area contributed by atoms with E-state index in [1.807, 2.05) is 42.5 Å². The Hall–Kier alpha value is -1.35. The minimum Gasteiger partial charge on any atom is -0.394 e. The van der Waals surface area contributed by atoms with Gasteiger partial charge in [-0.15, -0.1) is 0 Å². The maximum absolute atomic E-state index is 10.0. The third-order valence-electron chi connectivity index (χ3n) is 2.96. The van der Waals surface area contributed by atoms with Crippen molar-refractivity contribution in [1.82, 2.24) is 0 Å². The number of hydrogen-bond acceptors (Lipinski definition) is 2. The van der Waals surface area contributed by atoms with E-state index in [2.05, 4.69) is 0 Å². The maximum atomic E-state index is 10.0. The van der Waals surface area contributed by atoms with E-state index in [1.165, 1.54) is 0 Å². The Balaban J connectivity index is 2.40. The molecule has 2 atom stereocenters. The lowest BCUT2D eigenvalue weighted by atomic mass is 9.87. The average molecular weight is 263 g/mol. The molecule has 0 heterocycles. The van der Waals surface area contributed by atoms with Crippen molar-refractivity contribution in [2.45, 2.75) is 12.0 Å². The van der Waals surface area contributed by atoms with Crippen molar-refractivity contribution in [1.29, 1.82) is 0 Å². The molecule has 0 unspecified atom stereocenters. The molecule has 0 fully saturated rings. The van der Waals surface area contributed by atoms with Gasteiger partial charge in [-0.1, -0.05) is 54.1 Å². The molecular formula is C15H15ClO2. The highest BCUT2D eigenvalue weighted by Crippen LogP contribution is 2.28. The largest absolute Gasteiger partial charge is 0.394 e. The van der Waals surface area contributed by atoms with Crippen LogP contribution in [0.4, 0.5) is 0 Å². The number of hydrogen-bond donors (Lipinski definition) is 2. The summed E-state index contributed by atoms with van der Waals surface area (Å²) >= 11 is 5.86. The normalized spacial score (nSPS) is 14.2. The first-order valence-corrected chi connectivity index (χ1v) is 6.19. The molecule has 0 amide bonds. The molecule has 2 aromatic rings. The summed E-state index contributed by atoms with van der Waals surface area (Å²) in [6.45, 7) is -0.276. The number of benzene rings is 2. The van der Waals surface area contributed by atoms with Gasteiger partial charge in [0.15, 0.2) is 0 Å². The van der Waals surface area contributed by atoms with Crippen LogP contribution in [-0.2, 0) is 0 Å². The molecule has 2 nitrogen and oxygen atoms in total. The molecule has 2 aromatic carbocycles. The Morgan fingerprint density at radius 3 is 2.00 bits per heavy atom. The number of rotatable bonds is 4. The quantitative estimate of drug-likeness (QED) is 0.890.